The molecule has 1 N–H and O–H groups in total. The van der Waals surface area contributed by atoms with E-state index in [0.29, 0.717) is 6.61 Å². The summed E-state index contributed by atoms with van der Waals surface area (Å²) >= 11 is 0. The van der Waals surface area contributed by atoms with E-state index in [1.54, 1.807) is 13.2 Å². The Morgan fingerprint density at radius 2 is 2.19 bits per heavy atom. The minimum absolute atomic E-state index is 0.0393. The summed E-state index contributed by atoms with van der Waals surface area (Å²) in [4.78, 5) is 14.2. The molecule has 0 aromatic carbocycles. The predicted octanol–water partition coefficient (Wildman–Crippen LogP) is 3.54. The van der Waals surface area contributed by atoms with Crippen LogP contribution in [0.25, 0.3) is 0 Å². The lowest BCUT2D eigenvalue weighted by molar-refractivity contribution is 0.0690. The molecule has 1 aromatic heterocycles. The maximum Gasteiger partial charge on any atom is 0.354 e. The molecule has 0 bridgehead atoms. The number of hydrogen-bond donors (Lipinski definition) is 1. The number of aromatic nitrogens is 1. The summed E-state index contributed by atoms with van der Waals surface area (Å²) < 4.78 is 30.1. The molecule has 21 heavy (non-hydrogen) atoms. The van der Waals surface area contributed by atoms with Gasteiger partial charge in [-0.3, -0.25) is 0 Å². The first-order chi connectivity index (χ1) is 9.92. The van der Waals surface area contributed by atoms with Crippen LogP contribution in [-0.2, 0) is 11.2 Å². The molecule has 116 valence electrons. The first kappa shape index (κ1) is 18.9. The van der Waals surface area contributed by atoms with Crippen LogP contribution in [0.1, 0.15) is 29.5 Å². The zero-order chi connectivity index (χ0) is 16.3. The zero-order valence-corrected chi connectivity index (χ0v) is 12.1. The average molecular weight is 299 g/mol. The Morgan fingerprint density at radius 1 is 1.52 bits per heavy atom. The minimum atomic E-state index is -1.21. The van der Waals surface area contributed by atoms with E-state index >= 15 is 0 Å². The van der Waals surface area contributed by atoms with Crippen molar-refractivity contribution in [2.45, 2.75) is 19.8 Å². The van der Waals surface area contributed by atoms with Gasteiger partial charge in [-0.2, -0.15) is 0 Å². The third-order valence-corrected chi connectivity index (χ3v) is 2.23. The number of allylic oxidation sites excluding steroid dienone is 2. The van der Waals surface area contributed by atoms with Crippen LogP contribution in [0.4, 0.5) is 8.78 Å². The Balaban J connectivity index is 0.000000690. The fourth-order valence-corrected chi connectivity index (χ4v) is 1.30. The van der Waals surface area contributed by atoms with E-state index in [-0.39, 0.29) is 30.1 Å². The maximum absolute atomic E-state index is 13.2. The highest BCUT2D eigenvalue weighted by molar-refractivity contribution is 5.85. The Kier molecular flexibility index (Phi) is 9.62. The van der Waals surface area contributed by atoms with Crippen molar-refractivity contribution in [3.8, 4) is 0 Å². The summed E-state index contributed by atoms with van der Waals surface area (Å²) in [5, 5.41) is 8.66. The molecular weight excluding hydrogens is 280 g/mol. The van der Waals surface area contributed by atoms with Crippen LogP contribution in [0.3, 0.4) is 0 Å². The van der Waals surface area contributed by atoms with Crippen LogP contribution in [0, 0.1) is 5.82 Å². The lowest BCUT2D eigenvalue weighted by Crippen LogP contribution is -2.04. The van der Waals surface area contributed by atoms with Crippen molar-refractivity contribution < 1.29 is 23.4 Å². The van der Waals surface area contributed by atoms with Gasteiger partial charge in [0.2, 0.25) is 0 Å². The SMILES string of the molecule is C/C(F)=C\CCc1nc(C(=O)O)ccc1F.C=CCOC. The largest absolute Gasteiger partial charge is 0.477 e. The number of methoxy groups -OCH3 is 1. The van der Waals surface area contributed by atoms with Crippen molar-refractivity contribution in [1.82, 2.24) is 4.98 Å². The fourth-order valence-electron chi connectivity index (χ4n) is 1.30. The van der Waals surface area contributed by atoms with E-state index in [1.807, 2.05) is 0 Å². The topological polar surface area (TPSA) is 59.4 Å². The third-order valence-electron chi connectivity index (χ3n) is 2.23. The molecule has 0 atom stereocenters. The standard InChI is InChI=1S/C11H11F2NO2.C4H8O/c1-7(12)3-2-4-9-8(13)5-6-10(14-9)11(15)16;1-3-4-5-2/h3,5-6H,2,4H2,1H3,(H,15,16);3H,1,4H2,2H3/b7-3+;. The lowest BCUT2D eigenvalue weighted by atomic mass is 10.2. The summed E-state index contributed by atoms with van der Waals surface area (Å²) in [6, 6.07) is 2.15. The van der Waals surface area contributed by atoms with Crippen molar-refractivity contribution in [2.75, 3.05) is 13.7 Å². The summed E-state index contributed by atoms with van der Waals surface area (Å²) in [5.41, 5.74) is -0.172. The monoisotopic (exact) mass is 299 g/mol. The second-order valence-corrected chi connectivity index (χ2v) is 4.00. The second-order valence-electron chi connectivity index (χ2n) is 4.00. The highest BCUT2D eigenvalue weighted by Crippen LogP contribution is 2.10. The van der Waals surface area contributed by atoms with Crippen LogP contribution >= 0.6 is 0 Å². The van der Waals surface area contributed by atoms with E-state index in [1.165, 1.54) is 13.0 Å². The summed E-state index contributed by atoms with van der Waals surface area (Å²) in [7, 11) is 1.64. The predicted molar refractivity (Wildman–Crippen MR) is 76.4 cm³/mol. The van der Waals surface area contributed by atoms with Crippen LogP contribution < -0.4 is 0 Å². The van der Waals surface area contributed by atoms with Gasteiger partial charge in [0.05, 0.1) is 18.1 Å². The average Bonchev–Trinajstić information content (AvgIpc) is 2.42. The quantitative estimate of drug-likeness (QED) is 0.816. The zero-order valence-electron chi connectivity index (χ0n) is 12.1. The highest BCUT2D eigenvalue weighted by atomic mass is 19.1. The van der Waals surface area contributed by atoms with Gasteiger partial charge in [-0.1, -0.05) is 12.2 Å². The van der Waals surface area contributed by atoms with Crippen LogP contribution in [-0.4, -0.2) is 29.8 Å². The van der Waals surface area contributed by atoms with Gasteiger partial charge < -0.3 is 9.84 Å². The summed E-state index contributed by atoms with van der Waals surface area (Å²) in [6.45, 7) is 5.37. The molecule has 0 fully saturated rings. The number of halogens is 2. The molecule has 0 amide bonds. The number of pyridine rings is 1. The van der Waals surface area contributed by atoms with Crippen molar-refractivity contribution in [3.05, 3.63) is 53.9 Å². The second kappa shape index (κ2) is 10.7. The number of aromatic carboxylic acids is 1. The Hall–Kier alpha value is -2.08. The molecule has 0 spiro atoms. The van der Waals surface area contributed by atoms with Crippen molar-refractivity contribution >= 4 is 5.97 Å². The van der Waals surface area contributed by atoms with Gasteiger partial charge in [0.1, 0.15) is 11.5 Å². The molecule has 0 unspecified atom stereocenters. The third kappa shape index (κ3) is 8.65. The Bertz CT molecular complexity index is 498. The fraction of sp³-hybridized carbons (Fsp3) is 0.333. The van der Waals surface area contributed by atoms with Crippen LogP contribution in [0.2, 0.25) is 0 Å². The molecule has 1 aromatic rings. The van der Waals surface area contributed by atoms with E-state index in [9.17, 15) is 13.6 Å². The number of carboxylic acids is 1. The van der Waals surface area contributed by atoms with Gasteiger partial charge in [-0.15, -0.1) is 6.58 Å². The molecule has 4 nitrogen and oxygen atoms in total. The molecule has 1 rings (SSSR count). The van der Waals surface area contributed by atoms with E-state index in [2.05, 4.69) is 16.3 Å². The Morgan fingerprint density at radius 3 is 2.62 bits per heavy atom. The van der Waals surface area contributed by atoms with Crippen molar-refractivity contribution in [3.63, 3.8) is 0 Å². The number of rotatable bonds is 6. The van der Waals surface area contributed by atoms with Crippen molar-refractivity contribution in [2.24, 2.45) is 0 Å². The molecule has 1 heterocycles. The Labute approximate surface area is 122 Å². The number of aryl methyl sites for hydroxylation is 1. The normalized spacial score (nSPS) is 10.6. The molecule has 0 aliphatic rings. The van der Waals surface area contributed by atoms with Gasteiger partial charge in [0, 0.05) is 7.11 Å². The molecule has 6 heteroatoms. The summed E-state index contributed by atoms with van der Waals surface area (Å²) in [6.07, 6.45) is 3.47. The van der Waals surface area contributed by atoms with E-state index in [0.717, 1.165) is 12.1 Å². The van der Waals surface area contributed by atoms with Crippen LogP contribution in [0.5, 0.6) is 0 Å². The minimum Gasteiger partial charge on any atom is -0.477 e. The van der Waals surface area contributed by atoms with Gasteiger partial charge in [-0.05, 0) is 31.9 Å². The van der Waals surface area contributed by atoms with Gasteiger partial charge in [0.25, 0.3) is 0 Å². The molecular formula is C15H19F2NO3. The molecule has 0 radical (unpaired) electrons. The summed E-state index contributed by atoms with van der Waals surface area (Å²) in [5.74, 6) is -2.14. The van der Waals surface area contributed by atoms with Crippen LogP contribution in [0.15, 0.2) is 36.7 Å². The van der Waals surface area contributed by atoms with Crippen molar-refractivity contribution in [1.29, 1.82) is 0 Å². The number of carboxylic acid groups (broad SMARTS) is 1. The molecule has 0 saturated heterocycles. The molecule has 0 aliphatic heterocycles. The first-order valence-electron chi connectivity index (χ1n) is 6.23. The highest BCUT2D eigenvalue weighted by Gasteiger charge is 2.09. The number of hydrogen-bond acceptors (Lipinski definition) is 3. The maximum atomic E-state index is 13.2. The molecule has 0 aliphatic carbocycles. The van der Waals surface area contributed by atoms with Gasteiger partial charge in [0.15, 0.2) is 0 Å². The number of nitrogens with zero attached hydrogens (tertiary/aromatic N) is 1. The number of carbonyl (C=O) groups is 1. The molecule has 0 saturated carbocycles. The van der Waals surface area contributed by atoms with Gasteiger partial charge in [-0.25, -0.2) is 18.6 Å². The van der Waals surface area contributed by atoms with Gasteiger partial charge >= 0.3 is 5.97 Å². The number of ether oxygens (including phenoxy) is 1. The smallest absolute Gasteiger partial charge is 0.354 e. The lowest BCUT2D eigenvalue weighted by Gasteiger charge is -2.01. The van der Waals surface area contributed by atoms with E-state index in [4.69, 9.17) is 5.11 Å². The van der Waals surface area contributed by atoms with E-state index < -0.39 is 11.8 Å². The first-order valence-corrected chi connectivity index (χ1v) is 6.23.